The molecule has 0 aromatic carbocycles. The smallest absolute Gasteiger partial charge is 0.313 e. The molecule has 0 saturated heterocycles. The number of unbranched alkanes of at least 4 members (excludes halogenated alkanes) is 21. The molecule has 0 amide bonds. The summed E-state index contributed by atoms with van der Waals surface area (Å²) in [6.45, 7) is 7.51. The molecule has 0 aliphatic carbocycles. The van der Waals surface area contributed by atoms with E-state index in [0.717, 1.165) is 17.9 Å². The maximum Gasteiger partial charge on any atom is 0.313 e. The monoisotopic (exact) mass is 550 g/mol. The third-order valence-electron chi connectivity index (χ3n) is 6.74. The summed E-state index contributed by atoms with van der Waals surface area (Å²) in [5.74, 6) is -0.609. The largest absolute Gasteiger partial charge is 0.314 e. The van der Waals surface area contributed by atoms with Crippen LogP contribution in [0.1, 0.15) is 175 Å². The second kappa shape index (κ2) is 29.4. The van der Waals surface area contributed by atoms with Crippen molar-refractivity contribution in [2.45, 2.75) is 175 Å². The van der Waals surface area contributed by atoms with Crippen molar-refractivity contribution in [3.8, 4) is 0 Å². The summed E-state index contributed by atoms with van der Waals surface area (Å²) < 4.78 is 19.6. The van der Waals surface area contributed by atoms with Crippen molar-refractivity contribution in [3.05, 3.63) is 0 Å². The molecule has 0 heterocycles. The molecule has 0 radical (unpaired) electrons. The number of hydrogen-bond donors (Lipinski definition) is 0. The molecule has 0 aliphatic heterocycles. The lowest BCUT2D eigenvalue weighted by molar-refractivity contribution is 0.321. The molecule has 5 heteroatoms. The molecule has 0 unspecified atom stereocenters. The Bertz CT molecular complexity index is 386. The maximum atomic E-state index is 13.5. The van der Waals surface area contributed by atoms with Crippen molar-refractivity contribution < 1.29 is 9.09 Å². The van der Waals surface area contributed by atoms with E-state index >= 15 is 0 Å². The van der Waals surface area contributed by atoms with Gasteiger partial charge in [-0.05, 0) is 19.3 Å². The average molecular weight is 551 g/mol. The fraction of sp³-hybridized carbons (Fsp3) is 1.00. The predicted octanol–water partition coefficient (Wildman–Crippen LogP) is 13.0. The van der Waals surface area contributed by atoms with Gasteiger partial charge in [-0.1, -0.05) is 178 Å². The molecule has 0 N–H and O–H groups in total. The fourth-order valence-electron chi connectivity index (χ4n) is 4.35. The SMILES string of the molecule is CCCCCCCCCCOP(=O)(SCCCCCCCCCC)SCCCCCCCCCC. The molecule has 2 nitrogen and oxygen atoms in total. The van der Waals surface area contributed by atoms with Gasteiger partial charge in [-0.2, -0.15) is 0 Å². The van der Waals surface area contributed by atoms with Gasteiger partial charge < -0.3 is 4.52 Å². The highest BCUT2D eigenvalue weighted by Gasteiger charge is 2.24. The van der Waals surface area contributed by atoms with E-state index < -0.39 is 5.77 Å². The Labute approximate surface area is 230 Å². The van der Waals surface area contributed by atoms with Crippen LogP contribution in [0, 0.1) is 0 Å². The van der Waals surface area contributed by atoms with Crippen LogP contribution in [0.25, 0.3) is 0 Å². The average Bonchev–Trinajstić information content (AvgIpc) is 2.86. The van der Waals surface area contributed by atoms with Crippen molar-refractivity contribution in [2.75, 3.05) is 18.1 Å². The van der Waals surface area contributed by atoms with Gasteiger partial charge in [0, 0.05) is 11.5 Å². The van der Waals surface area contributed by atoms with Crippen molar-refractivity contribution in [1.29, 1.82) is 0 Å². The van der Waals surface area contributed by atoms with Crippen LogP contribution in [0.3, 0.4) is 0 Å². The highest BCUT2D eigenvalue weighted by molar-refractivity contribution is 8.89. The van der Waals surface area contributed by atoms with Gasteiger partial charge in [-0.3, -0.25) is 4.57 Å². The zero-order valence-corrected chi connectivity index (χ0v) is 26.7. The molecule has 0 fully saturated rings. The zero-order chi connectivity index (χ0) is 25.7. The minimum atomic E-state index is -2.60. The van der Waals surface area contributed by atoms with Crippen LogP contribution in [0.2, 0.25) is 0 Å². The van der Waals surface area contributed by atoms with Gasteiger partial charge in [0.15, 0.2) is 0 Å². The van der Waals surface area contributed by atoms with Crippen molar-refractivity contribution in [1.82, 2.24) is 0 Å². The quantitative estimate of drug-likeness (QED) is 0.0656. The van der Waals surface area contributed by atoms with Crippen LogP contribution in [0.5, 0.6) is 0 Å². The van der Waals surface area contributed by atoms with Crippen molar-refractivity contribution in [3.63, 3.8) is 0 Å². The molecule has 0 spiro atoms. The van der Waals surface area contributed by atoms with Crippen LogP contribution in [-0.4, -0.2) is 18.1 Å². The van der Waals surface area contributed by atoms with Crippen molar-refractivity contribution >= 4 is 28.5 Å². The summed E-state index contributed by atoms with van der Waals surface area (Å²) in [4.78, 5) is 0. The van der Waals surface area contributed by atoms with E-state index in [1.807, 2.05) is 0 Å². The third-order valence-corrected chi connectivity index (χ3v) is 14.3. The molecule has 212 valence electrons. The molecule has 0 aromatic heterocycles. The van der Waals surface area contributed by atoms with Gasteiger partial charge in [0.05, 0.1) is 6.61 Å². The lowest BCUT2D eigenvalue weighted by Gasteiger charge is -2.17. The molecule has 0 aliphatic rings. The summed E-state index contributed by atoms with van der Waals surface area (Å²) in [7, 11) is 0. The van der Waals surface area contributed by atoms with Crippen LogP contribution in [0.4, 0.5) is 0 Å². The Kier molecular flexibility index (Phi) is 30.2. The van der Waals surface area contributed by atoms with Gasteiger partial charge in [-0.25, -0.2) is 0 Å². The van der Waals surface area contributed by atoms with E-state index in [1.165, 1.54) is 148 Å². The van der Waals surface area contributed by atoms with E-state index in [2.05, 4.69) is 20.8 Å². The standard InChI is InChI=1S/C30H63O2PS2/c1-4-7-10-13-16-19-22-25-28-32-33(31,34-29-26-23-20-17-14-11-8-5-2)35-30-27-24-21-18-15-12-9-6-3/h4-30H2,1-3H3. The summed E-state index contributed by atoms with van der Waals surface area (Å²) in [5, 5.41) is 0. The topological polar surface area (TPSA) is 26.3 Å². The Morgan fingerprint density at radius 2 is 0.714 bits per heavy atom. The molecular weight excluding hydrogens is 487 g/mol. The zero-order valence-electron chi connectivity index (χ0n) is 24.2. The second-order valence-corrected chi connectivity index (χ2v) is 18.0. The van der Waals surface area contributed by atoms with Crippen LogP contribution < -0.4 is 0 Å². The van der Waals surface area contributed by atoms with Crippen LogP contribution >= 0.6 is 28.5 Å². The van der Waals surface area contributed by atoms with Gasteiger partial charge in [0.2, 0.25) is 0 Å². The van der Waals surface area contributed by atoms with Gasteiger partial charge >= 0.3 is 5.77 Å². The minimum absolute atomic E-state index is 0.682. The molecule has 35 heavy (non-hydrogen) atoms. The van der Waals surface area contributed by atoms with E-state index in [9.17, 15) is 4.57 Å². The van der Waals surface area contributed by atoms with E-state index in [0.29, 0.717) is 6.61 Å². The lowest BCUT2D eigenvalue weighted by atomic mass is 10.1. The first-order valence-electron chi connectivity index (χ1n) is 15.7. The first-order chi connectivity index (χ1) is 17.2. The Balaban J connectivity index is 4.06. The molecular formula is C30H63O2PS2. The summed E-state index contributed by atoms with van der Waals surface area (Å²) in [5.41, 5.74) is 0. The Morgan fingerprint density at radius 3 is 1.06 bits per heavy atom. The second-order valence-electron chi connectivity index (χ2n) is 10.4. The van der Waals surface area contributed by atoms with Crippen LogP contribution in [0.15, 0.2) is 0 Å². The summed E-state index contributed by atoms with van der Waals surface area (Å²) in [6, 6.07) is 0. The Hall–Kier alpha value is 0.890. The highest BCUT2D eigenvalue weighted by atomic mass is 33.1. The third kappa shape index (κ3) is 27.7. The van der Waals surface area contributed by atoms with Gasteiger partial charge in [0.1, 0.15) is 0 Å². The number of hydrogen-bond acceptors (Lipinski definition) is 4. The fourth-order valence-corrected chi connectivity index (χ4v) is 11.3. The van der Waals surface area contributed by atoms with E-state index in [1.54, 1.807) is 22.8 Å². The van der Waals surface area contributed by atoms with E-state index in [-0.39, 0.29) is 0 Å². The van der Waals surface area contributed by atoms with E-state index in [4.69, 9.17) is 4.52 Å². The first kappa shape index (κ1) is 35.9. The molecule has 0 rings (SSSR count). The molecule has 0 aromatic rings. The molecule has 0 atom stereocenters. The Morgan fingerprint density at radius 1 is 0.429 bits per heavy atom. The number of rotatable bonds is 30. The minimum Gasteiger partial charge on any atom is -0.314 e. The lowest BCUT2D eigenvalue weighted by Crippen LogP contribution is -1.93. The van der Waals surface area contributed by atoms with Crippen molar-refractivity contribution in [2.24, 2.45) is 0 Å². The molecule has 0 saturated carbocycles. The summed E-state index contributed by atoms with van der Waals surface area (Å²) in [6.07, 6.45) is 31.6. The summed E-state index contributed by atoms with van der Waals surface area (Å²) >= 11 is 3.29. The highest BCUT2D eigenvalue weighted by Crippen LogP contribution is 2.70. The van der Waals surface area contributed by atoms with Gasteiger partial charge in [-0.15, -0.1) is 0 Å². The first-order valence-corrected chi connectivity index (χ1v) is 20.5. The maximum absolute atomic E-state index is 13.5. The van der Waals surface area contributed by atoms with Crippen LogP contribution in [-0.2, 0) is 9.09 Å². The van der Waals surface area contributed by atoms with Gasteiger partial charge in [0.25, 0.3) is 0 Å². The normalized spacial score (nSPS) is 12.0. The molecule has 0 bridgehead atoms. The predicted molar refractivity (Wildman–Crippen MR) is 166 cm³/mol.